The Hall–Kier alpha value is -4.51. The molecule has 0 saturated carbocycles. The van der Waals surface area contributed by atoms with Crippen molar-refractivity contribution in [2.45, 2.75) is 13.5 Å². The van der Waals surface area contributed by atoms with E-state index in [0.29, 0.717) is 5.56 Å². The standard InChI is InChI=1S/C24H17N3O7S/c1-15-4-2-6-17(10-15)14-25-23(28)22(35-24(25)29)12-16-5-3-7-19(11-16)34-21-9-8-18(26(30)31)13-20(21)27(32)33/h2-13H,14H2,1H3/b22-12-. The molecule has 1 aliphatic rings. The van der Waals surface area contributed by atoms with E-state index in [-0.39, 0.29) is 28.2 Å². The van der Waals surface area contributed by atoms with Gasteiger partial charge in [0.2, 0.25) is 5.75 Å². The zero-order chi connectivity index (χ0) is 25.1. The highest BCUT2D eigenvalue weighted by Crippen LogP contribution is 2.36. The first-order valence-corrected chi connectivity index (χ1v) is 11.0. The second-order valence-electron chi connectivity index (χ2n) is 7.60. The van der Waals surface area contributed by atoms with Crippen molar-refractivity contribution in [3.8, 4) is 11.5 Å². The first-order valence-electron chi connectivity index (χ1n) is 10.2. The minimum absolute atomic E-state index is 0.163. The lowest BCUT2D eigenvalue weighted by molar-refractivity contribution is -0.394. The van der Waals surface area contributed by atoms with Crippen LogP contribution >= 0.6 is 11.8 Å². The monoisotopic (exact) mass is 491 g/mol. The molecule has 0 atom stereocenters. The highest BCUT2D eigenvalue weighted by atomic mass is 32.2. The lowest BCUT2D eigenvalue weighted by atomic mass is 10.1. The fraction of sp³-hybridized carbons (Fsp3) is 0.0833. The molecule has 3 aromatic rings. The lowest BCUT2D eigenvalue weighted by Gasteiger charge is -2.12. The molecule has 4 rings (SSSR count). The maximum Gasteiger partial charge on any atom is 0.318 e. The minimum Gasteiger partial charge on any atom is -0.450 e. The van der Waals surface area contributed by atoms with Crippen molar-refractivity contribution in [1.82, 2.24) is 4.90 Å². The summed E-state index contributed by atoms with van der Waals surface area (Å²) in [4.78, 5) is 47.5. The first kappa shape index (κ1) is 23.6. The number of nitro benzene ring substituents is 2. The largest absolute Gasteiger partial charge is 0.450 e. The molecule has 176 valence electrons. The van der Waals surface area contributed by atoms with Crippen LogP contribution in [0.3, 0.4) is 0 Å². The summed E-state index contributed by atoms with van der Waals surface area (Å²) in [7, 11) is 0. The van der Waals surface area contributed by atoms with Gasteiger partial charge in [-0.15, -0.1) is 0 Å². The molecule has 1 aliphatic heterocycles. The molecule has 0 unspecified atom stereocenters. The van der Waals surface area contributed by atoms with Crippen LogP contribution in [-0.2, 0) is 11.3 Å². The predicted octanol–water partition coefficient (Wildman–Crippen LogP) is 5.84. The third kappa shape index (κ3) is 5.36. The number of nitrogens with zero attached hydrogens (tertiary/aromatic N) is 3. The van der Waals surface area contributed by atoms with Gasteiger partial charge in [-0.2, -0.15) is 0 Å². The topological polar surface area (TPSA) is 133 Å². The van der Waals surface area contributed by atoms with Crippen LogP contribution in [0.5, 0.6) is 11.5 Å². The van der Waals surface area contributed by atoms with Gasteiger partial charge in [-0.25, -0.2) is 0 Å². The van der Waals surface area contributed by atoms with Gasteiger partial charge in [0.05, 0.1) is 27.4 Å². The number of hydrogen-bond acceptors (Lipinski definition) is 8. The summed E-state index contributed by atoms with van der Waals surface area (Å²) < 4.78 is 5.61. The van der Waals surface area contributed by atoms with Crippen LogP contribution in [0.2, 0.25) is 0 Å². The number of non-ortho nitro benzene ring substituents is 1. The lowest BCUT2D eigenvalue weighted by Crippen LogP contribution is -2.27. The number of carbonyl (C=O) groups is 2. The molecule has 1 heterocycles. The molecule has 1 saturated heterocycles. The smallest absolute Gasteiger partial charge is 0.318 e. The summed E-state index contributed by atoms with van der Waals surface area (Å²) in [5, 5.41) is 21.9. The number of benzene rings is 3. The number of thioether (sulfide) groups is 1. The molecule has 10 nitrogen and oxygen atoms in total. The molecule has 0 bridgehead atoms. The van der Waals surface area contributed by atoms with Crippen LogP contribution < -0.4 is 4.74 Å². The van der Waals surface area contributed by atoms with E-state index in [9.17, 15) is 29.8 Å². The fourth-order valence-corrected chi connectivity index (χ4v) is 4.26. The molecule has 0 spiro atoms. The van der Waals surface area contributed by atoms with E-state index < -0.39 is 27.1 Å². The van der Waals surface area contributed by atoms with Gasteiger partial charge in [-0.05, 0) is 54.1 Å². The second-order valence-corrected chi connectivity index (χ2v) is 8.59. The number of hydrogen-bond donors (Lipinski definition) is 0. The van der Waals surface area contributed by atoms with Crippen LogP contribution in [-0.4, -0.2) is 25.9 Å². The molecule has 3 aromatic carbocycles. The van der Waals surface area contributed by atoms with Crippen molar-refractivity contribution < 1.29 is 24.2 Å². The summed E-state index contributed by atoms with van der Waals surface area (Å²) in [6.45, 7) is 2.09. The number of carbonyl (C=O) groups excluding carboxylic acids is 2. The average Bonchev–Trinajstić information content (AvgIpc) is 3.06. The minimum atomic E-state index is -0.767. The van der Waals surface area contributed by atoms with E-state index in [4.69, 9.17) is 4.74 Å². The summed E-state index contributed by atoms with van der Waals surface area (Å²) >= 11 is 0.825. The SMILES string of the molecule is Cc1cccc(CN2C(=O)S/C(=C\c3cccc(Oc4ccc([N+](=O)[O-])cc4[N+](=O)[O-])c3)C2=O)c1. The van der Waals surface area contributed by atoms with E-state index in [1.165, 1.54) is 11.0 Å². The van der Waals surface area contributed by atoms with Gasteiger partial charge in [0.15, 0.2) is 0 Å². The molecule has 1 fully saturated rings. The molecule has 11 heteroatoms. The highest BCUT2D eigenvalue weighted by molar-refractivity contribution is 8.18. The summed E-state index contributed by atoms with van der Waals surface area (Å²) in [5.74, 6) is -0.371. The van der Waals surface area contributed by atoms with E-state index >= 15 is 0 Å². The molecule has 2 amide bonds. The Balaban J connectivity index is 1.55. The Morgan fingerprint density at radius 2 is 1.74 bits per heavy atom. The molecule has 0 N–H and O–H groups in total. The van der Waals surface area contributed by atoms with Gasteiger partial charge in [0.25, 0.3) is 16.8 Å². The number of ether oxygens (including phenoxy) is 1. The van der Waals surface area contributed by atoms with Gasteiger partial charge in [-0.3, -0.25) is 34.7 Å². The second kappa shape index (κ2) is 9.77. The third-order valence-electron chi connectivity index (χ3n) is 5.03. The first-order chi connectivity index (χ1) is 16.7. The van der Waals surface area contributed by atoms with Crippen molar-refractivity contribution >= 4 is 40.4 Å². The number of imide groups is 1. The molecular formula is C24H17N3O7S. The number of nitro groups is 2. The summed E-state index contributed by atoms with van der Waals surface area (Å²) in [6.07, 6.45) is 1.54. The van der Waals surface area contributed by atoms with E-state index in [1.807, 2.05) is 31.2 Å². The van der Waals surface area contributed by atoms with Crippen LogP contribution in [0.4, 0.5) is 16.2 Å². The summed E-state index contributed by atoms with van der Waals surface area (Å²) in [6, 6.07) is 17.0. The summed E-state index contributed by atoms with van der Waals surface area (Å²) in [5.41, 5.74) is 1.41. The van der Waals surface area contributed by atoms with Crippen molar-refractivity contribution in [2.24, 2.45) is 0 Å². The maximum absolute atomic E-state index is 12.8. The van der Waals surface area contributed by atoms with Crippen LogP contribution in [0.1, 0.15) is 16.7 Å². The molecule has 0 radical (unpaired) electrons. The Kier molecular flexibility index (Phi) is 6.60. The molecule has 0 aliphatic carbocycles. The normalized spacial score (nSPS) is 14.4. The number of rotatable bonds is 7. The number of amides is 2. The van der Waals surface area contributed by atoms with Gasteiger partial charge >= 0.3 is 5.69 Å². The Morgan fingerprint density at radius 1 is 0.971 bits per heavy atom. The number of aryl methyl sites for hydroxylation is 1. The predicted molar refractivity (Wildman–Crippen MR) is 129 cm³/mol. The van der Waals surface area contributed by atoms with Gasteiger partial charge in [0.1, 0.15) is 5.75 Å². The quantitative estimate of drug-likeness (QED) is 0.229. The third-order valence-corrected chi connectivity index (χ3v) is 5.94. The average molecular weight is 491 g/mol. The van der Waals surface area contributed by atoms with Crippen molar-refractivity contribution in [3.05, 3.63) is 109 Å². The van der Waals surface area contributed by atoms with Crippen molar-refractivity contribution in [3.63, 3.8) is 0 Å². The highest BCUT2D eigenvalue weighted by Gasteiger charge is 2.35. The van der Waals surface area contributed by atoms with Gasteiger partial charge < -0.3 is 4.74 Å². The maximum atomic E-state index is 12.8. The van der Waals surface area contributed by atoms with Gasteiger partial charge in [0, 0.05) is 6.07 Å². The Bertz CT molecular complexity index is 1400. The zero-order valence-corrected chi connectivity index (χ0v) is 19.1. The Labute approximate surface area is 203 Å². The van der Waals surface area contributed by atoms with Crippen molar-refractivity contribution in [1.29, 1.82) is 0 Å². The van der Waals surface area contributed by atoms with Crippen molar-refractivity contribution in [2.75, 3.05) is 0 Å². The van der Waals surface area contributed by atoms with Gasteiger partial charge in [-0.1, -0.05) is 42.0 Å². The molecule has 0 aromatic heterocycles. The van der Waals surface area contributed by atoms with Crippen LogP contribution in [0.25, 0.3) is 6.08 Å². The molecule has 35 heavy (non-hydrogen) atoms. The molecular weight excluding hydrogens is 474 g/mol. The zero-order valence-electron chi connectivity index (χ0n) is 18.2. The van der Waals surface area contributed by atoms with E-state index in [2.05, 4.69) is 0 Å². The van der Waals surface area contributed by atoms with E-state index in [0.717, 1.165) is 41.1 Å². The van der Waals surface area contributed by atoms with E-state index in [1.54, 1.807) is 24.3 Å². The Morgan fingerprint density at radius 3 is 2.46 bits per heavy atom. The fourth-order valence-electron chi connectivity index (χ4n) is 3.42. The van der Waals surface area contributed by atoms with Crippen LogP contribution in [0, 0.1) is 27.2 Å². The van der Waals surface area contributed by atoms with Crippen LogP contribution in [0.15, 0.2) is 71.6 Å².